The van der Waals surface area contributed by atoms with Crippen LogP contribution in [0.25, 0.3) is 10.9 Å². The highest BCUT2D eigenvalue weighted by Gasteiger charge is 2.11. The Kier molecular flexibility index (Phi) is 5.68. The molecule has 3 rings (SSSR count). The van der Waals surface area contributed by atoms with Gasteiger partial charge in [-0.05, 0) is 23.8 Å². The van der Waals surface area contributed by atoms with Crippen molar-refractivity contribution in [1.82, 2.24) is 9.97 Å². The zero-order valence-electron chi connectivity index (χ0n) is 14.2. The maximum absolute atomic E-state index is 8.86. The molecule has 0 bridgehead atoms. The number of rotatable bonds is 7. The van der Waals surface area contributed by atoms with Crippen LogP contribution in [0.4, 0.5) is 5.82 Å². The van der Waals surface area contributed by atoms with Gasteiger partial charge in [0.15, 0.2) is 11.5 Å². The average molecular weight is 375 g/mol. The number of ether oxygens (including phenoxy) is 2. The van der Waals surface area contributed by atoms with Gasteiger partial charge in [0.2, 0.25) is 0 Å². The van der Waals surface area contributed by atoms with Crippen LogP contribution in [-0.2, 0) is 6.54 Å². The number of hydrogen-bond donors (Lipinski definition) is 3. The molecule has 0 unspecified atom stereocenters. The van der Waals surface area contributed by atoms with Crippen molar-refractivity contribution in [3.63, 3.8) is 0 Å². The summed E-state index contributed by atoms with van der Waals surface area (Å²) in [6, 6.07) is 10.6. The quantitative estimate of drug-likeness (QED) is 0.542. The lowest BCUT2D eigenvalue weighted by molar-refractivity contribution is 0.356. The topological polar surface area (TPSA) is 106 Å². The number of benzene rings is 2. The highest BCUT2D eigenvalue weighted by Crippen LogP contribution is 2.34. The van der Waals surface area contributed by atoms with Crippen LogP contribution in [0.15, 0.2) is 42.7 Å². The Labute approximate surface area is 151 Å². The van der Waals surface area contributed by atoms with Gasteiger partial charge >= 0.3 is 8.60 Å². The Morgan fingerprint density at radius 1 is 1.00 bits per heavy atom. The molecule has 0 spiro atoms. The normalized spacial score (nSPS) is 10.8. The molecular formula is C17H18N3O5P. The Morgan fingerprint density at radius 3 is 2.35 bits per heavy atom. The van der Waals surface area contributed by atoms with Gasteiger partial charge in [0.25, 0.3) is 0 Å². The molecule has 0 aliphatic carbocycles. The van der Waals surface area contributed by atoms with Gasteiger partial charge in [0.1, 0.15) is 17.9 Å². The second-order valence-electron chi connectivity index (χ2n) is 5.29. The zero-order valence-corrected chi connectivity index (χ0v) is 15.1. The van der Waals surface area contributed by atoms with E-state index in [4.69, 9.17) is 23.8 Å². The van der Waals surface area contributed by atoms with E-state index in [9.17, 15) is 0 Å². The van der Waals surface area contributed by atoms with Gasteiger partial charge in [-0.25, -0.2) is 9.97 Å². The van der Waals surface area contributed by atoms with E-state index in [0.717, 1.165) is 16.5 Å². The number of methoxy groups -OCH3 is 2. The van der Waals surface area contributed by atoms with Crippen LogP contribution in [0.2, 0.25) is 0 Å². The minimum absolute atomic E-state index is 0.397. The molecule has 0 radical (unpaired) electrons. The predicted molar refractivity (Wildman–Crippen MR) is 98.4 cm³/mol. The van der Waals surface area contributed by atoms with Crippen LogP contribution in [-0.4, -0.2) is 34.0 Å². The molecule has 0 fully saturated rings. The number of nitrogens with one attached hydrogen (secondary N) is 1. The van der Waals surface area contributed by atoms with E-state index in [0.29, 0.717) is 29.6 Å². The Morgan fingerprint density at radius 2 is 1.69 bits per heavy atom. The first-order chi connectivity index (χ1) is 12.6. The summed E-state index contributed by atoms with van der Waals surface area (Å²) in [6.45, 7) is 0.522. The van der Waals surface area contributed by atoms with Gasteiger partial charge in [-0.1, -0.05) is 12.1 Å². The SMILES string of the molecule is COc1cc2ncnc(NCc3ccc(OP(O)O)cc3)c2cc1OC. The summed E-state index contributed by atoms with van der Waals surface area (Å²) in [5, 5.41) is 4.09. The van der Waals surface area contributed by atoms with Crippen molar-refractivity contribution in [1.29, 1.82) is 0 Å². The van der Waals surface area contributed by atoms with Crippen molar-refractivity contribution in [2.75, 3.05) is 19.5 Å². The molecule has 0 aliphatic heterocycles. The van der Waals surface area contributed by atoms with E-state index in [1.54, 1.807) is 32.4 Å². The van der Waals surface area contributed by atoms with Crippen LogP contribution in [0.1, 0.15) is 5.56 Å². The Balaban J connectivity index is 1.80. The molecule has 0 aliphatic rings. The van der Waals surface area contributed by atoms with Crippen molar-refractivity contribution in [3.05, 3.63) is 48.3 Å². The van der Waals surface area contributed by atoms with Crippen molar-refractivity contribution >= 4 is 25.3 Å². The summed E-state index contributed by atoms with van der Waals surface area (Å²) in [4.78, 5) is 26.3. The summed E-state index contributed by atoms with van der Waals surface area (Å²) >= 11 is 0. The highest BCUT2D eigenvalue weighted by molar-refractivity contribution is 7.39. The van der Waals surface area contributed by atoms with E-state index < -0.39 is 8.60 Å². The fourth-order valence-electron chi connectivity index (χ4n) is 2.47. The van der Waals surface area contributed by atoms with Crippen LogP contribution in [0.3, 0.4) is 0 Å². The first-order valence-corrected chi connectivity index (χ1v) is 8.82. The maximum atomic E-state index is 8.86. The molecule has 9 heteroatoms. The number of nitrogens with zero attached hydrogens (tertiary/aromatic N) is 2. The molecule has 136 valence electrons. The molecule has 0 saturated heterocycles. The van der Waals surface area contributed by atoms with E-state index in [1.165, 1.54) is 6.33 Å². The molecule has 1 aromatic heterocycles. The fraction of sp³-hybridized carbons (Fsp3) is 0.176. The molecule has 26 heavy (non-hydrogen) atoms. The maximum Gasteiger partial charge on any atom is 0.391 e. The predicted octanol–water partition coefficient (Wildman–Crippen LogP) is 2.85. The summed E-state index contributed by atoms with van der Waals surface area (Å²) in [6.07, 6.45) is 1.48. The third kappa shape index (κ3) is 4.11. The van der Waals surface area contributed by atoms with Gasteiger partial charge in [-0.2, -0.15) is 0 Å². The third-order valence-electron chi connectivity index (χ3n) is 3.71. The average Bonchev–Trinajstić information content (AvgIpc) is 2.65. The molecule has 0 amide bonds. The molecule has 3 N–H and O–H groups in total. The smallest absolute Gasteiger partial charge is 0.391 e. The van der Waals surface area contributed by atoms with Gasteiger partial charge < -0.3 is 29.1 Å². The fourth-order valence-corrected chi connectivity index (χ4v) is 2.78. The van der Waals surface area contributed by atoms with Crippen molar-refractivity contribution in [3.8, 4) is 17.2 Å². The lowest BCUT2D eigenvalue weighted by Crippen LogP contribution is -2.03. The Hall–Kier alpha value is -2.67. The minimum atomic E-state index is -2.41. The van der Waals surface area contributed by atoms with Crippen molar-refractivity contribution in [2.45, 2.75) is 6.54 Å². The number of hydrogen-bond acceptors (Lipinski definition) is 8. The van der Waals surface area contributed by atoms with Gasteiger partial charge in [-0.15, -0.1) is 0 Å². The number of anilines is 1. The van der Waals surface area contributed by atoms with Gasteiger partial charge in [-0.3, -0.25) is 0 Å². The second-order valence-corrected chi connectivity index (χ2v) is 5.98. The van der Waals surface area contributed by atoms with Crippen LogP contribution in [0, 0.1) is 0 Å². The van der Waals surface area contributed by atoms with E-state index in [2.05, 4.69) is 15.3 Å². The molecule has 8 nitrogen and oxygen atoms in total. The molecule has 0 atom stereocenters. The lowest BCUT2D eigenvalue weighted by Gasteiger charge is -2.12. The molecule has 0 saturated carbocycles. The molecule has 2 aromatic carbocycles. The molecule has 1 heterocycles. The van der Waals surface area contributed by atoms with E-state index in [-0.39, 0.29) is 0 Å². The third-order valence-corrected chi connectivity index (χ3v) is 4.09. The summed E-state index contributed by atoms with van der Waals surface area (Å²) in [5.41, 5.74) is 1.72. The molecular weight excluding hydrogens is 357 g/mol. The van der Waals surface area contributed by atoms with E-state index >= 15 is 0 Å². The second kappa shape index (κ2) is 8.14. The summed E-state index contributed by atoms with van der Waals surface area (Å²) in [7, 11) is 0.742. The zero-order chi connectivity index (χ0) is 18.5. The number of fused-ring (bicyclic) bond motifs is 1. The first-order valence-electron chi connectivity index (χ1n) is 7.66. The monoisotopic (exact) mass is 375 g/mol. The first kappa shape index (κ1) is 18.1. The van der Waals surface area contributed by atoms with E-state index in [1.807, 2.05) is 18.2 Å². The van der Waals surface area contributed by atoms with Gasteiger partial charge in [0.05, 0.1) is 19.7 Å². The minimum Gasteiger partial charge on any atom is -0.493 e. The van der Waals surface area contributed by atoms with Crippen molar-refractivity contribution in [2.24, 2.45) is 0 Å². The molecule has 3 aromatic rings. The Bertz CT molecular complexity index is 889. The van der Waals surface area contributed by atoms with Crippen LogP contribution < -0.4 is 19.3 Å². The van der Waals surface area contributed by atoms with Crippen molar-refractivity contribution < 1.29 is 23.8 Å². The summed E-state index contributed by atoms with van der Waals surface area (Å²) < 4.78 is 15.5. The van der Waals surface area contributed by atoms with Gasteiger partial charge in [0, 0.05) is 18.0 Å². The van der Waals surface area contributed by atoms with Crippen LogP contribution in [0.5, 0.6) is 17.2 Å². The highest BCUT2D eigenvalue weighted by atomic mass is 31.2. The van der Waals surface area contributed by atoms with Crippen LogP contribution >= 0.6 is 8.60 Å². The number of aromatic nitrogens is 2. The standard InChI is InChI=1S/C17H18N3O5P/c1-23-15-7-13-14(8-16(15)24-2)19-10-20-17(13)18-9-11-3-5-12(6-4-11)25-26(21)22/h3-8,10,21-22H,9H2,1-2H3,(H,18,19,20). The largest absolute Gasteiger partial charge is 0.493 e. The lowest BCUT2D eigenvalue weighted by atomic mass is 10.2. The summed E-state index contributed by atoms with van der Waals surface area (Å²) in [5.74, 6) is 2.27.